The minimum atomic E-state index is -0.584. The van der Waals surface area contributed by atoms with E-state index < -0.39 is 5.82 Å². The van der Waals surface area contributed by atoms with Crippen LogP contribution < -0.4 is 10.3 Å². The van der Waals surface area contributed by atoms with Crippen LogP contribution in [0.4, 0.5) is 4.39 Å². The van der Waals surface area contributed by atoms with E-state index in [0.717, 1.165) is 12.8 Å². The van der Waals surface area contributed by atoms with Crippen LogP contribution in [-0.2, 0) is 13.1 Å². The number of fused-ring (bicyclic) bond motifs is 1. The lowest BCUT2D eigenvalue weighted by molar-refractivity contribution is 0.271. The Hall–Kier alpha value is -1.46. The highest BCUT2D eigenvalue weighted by Gasteiger charge is 2.25. The number of halogens is 3. The highest BCUT2D eigenvalue weighted by atomic mass is 35.5. The minimum absolute atomic E-state index is 0.127. The third kappa shape index (κ3) is 3.07. The maximum Gasteiger partial charge on any atom is 0.276 e. The number of hydrogen-bond donors (Lipinski definition) is 0. The number of hydrogen-bond acceptors (Lipinski definition) is 2. The molecule has 0 aliphatic carbocycles. The maximum atomic E-state index is 14.5. The highest BCUT2D eigenvalue weighted by molar-refractivity contribution is 6.33. The van der Waals surface area contributed by atoms with Crippen LogP contribution in [-0.4, -0.2) is 16.0 Å². The van der Waals surface area contributed by atoms with Gasteiger partial charge in [0, 0.05) is 18.7 Å². The second-order valence-corrected chi connectivity index (χ2v) is 7.16. The van der Waals surface area contributed by atoms with Crippen LogP contribution in [0, 0.1) is 11.7 Å². The molecule has 0 atom stereocenters. The van der Waals surface area contributed by atoms with Crippen LogP contribution in [0.15, 0.2) is 16.9 Å². The summed E-state index contributed by atoms with van der Waals surface area (Å²) < 4.78 is 23.4. The molecule has 7 heteroatoms. The fraction of sp³-hybridized carbons (Fsp3) is 0.471. The zero-order chi connectivity index (χ0) is 17.4. The molecule has 0 saturated heterocycles. The predicted molar refractivity (Wildman–Crippen MR) is 93.7 cm³/mol. The first-order valence-corrected chi connectivity index (χ1v) is 8.77. The maximum absolute atomic E-state index is 14.5. The summed E-state index contributed by atoms with van der Waals surface area (Å²) in [6.07, 6.45) is 1.85. The molecule has 1 aliphatic rings. The summed E-state index contributed by atoms with van der Waals surface area (Å²) in [7, 11) is 0. The molecule has 2 heterocycles. The summed E-state index contributed by atoms with van der Waals surface area (Å²) in [6.45, 7) is 5.70. The van der Waals surface area contributed by atoms with Crippen molar-refractivity contribution < 1.29 is 9.13 Å². The molecule has 130 valence electrons. The number of benzene rings is 1. The van der Waals surface area contributed by atoms with Gasteiger partial charge in [0.15, 0.2) is 0 Å². The first-order chi connectivity index (χ1) is 11.4. The van der Waals surface area contributed by atoms with E-state index >= 15 is 0 Å². The van der Waals surface area contributed by atoms with Crippen molar-refractivity contribution in [2.24, 2.45) is 5.92 Å². The minimum Gasteiger partial charge on any atom is -0.492 e. The molecule has 0 radical (unpaired) electrons. The van der Waals surface area contributed by atoms with E-state index in [2.05, 4.69) is 0 Å². The van der Waals surface area contributed by atoms with Crippen molar-refractivity contribution in [2.75, 3.05) is 6.61 Å². The molecule has 4 nitrogen and oxygen atoms in total. The topological polar surface area (TPSA) is 36.2 Å². The summed E-state index contributed by atoms with van der Waals surface area (Å²) in [5.41, 5.74) is 0.0143. The molecule has 3 rings (SSSR count). The Bertz CT molecular complexity index is 827. The SMILES string of the molecule is CC(C)COc1cc(-c2c(Cl)n3n(c2=O)CCCC3)c(F)cc1Cl. The third-order valence-corrected chi connectivity index (χ3v) is 4.71. The van der Waals surface area contributed by atoms with Gasteiger partial charge in [0.1, 0.15) is 16.7 Å². The number of ether oxygens (including phenoxy) is 1. The Kier molecular flexibility index (Phi) is 4.92. The van der Waals surface area contributed by atoms with Crippen LogP contribution in [0.3, 0.4) is 0 Å². The molecule has 1 aliphatic heterocycles. The molecule has 1 aromatic carbocycles. The molecule has 0 fully saturated rings. The summed E-state index contributed by atoms with van der Waals surface area (Å²) in [6, 6.07) is 2.64. The van der Waals surface area contributed by atoms with E-state index in [-0.39, 0.29) is 26.9 Å². The summed E-state index contributed by atoms with van der Waals surface area (Å²) in [5, 5.41) is 0.438. The van der Waals surface area contributed by atoms with Crippen LogP contribution in [0.1, 0.15) is 26.7 Å². The zero-order valence-electron chi connectivity index (χ0n) is 13.6. The second-order valence-electron chi connectivity index (χ2n) is 6.39. The summed E-state index contributed by atoms with van der Waals surface area (Å²) >= 11 is 12.4. The van der Waals surface area contributed by atoms with Crippen molar-refractivity contribution in [1.29, 1.82) is 0 Å². The van der Waals surface area contributed by atoms with Gasteiger partial charge in [-0.2, -0.15) is 0 Å². The Labute approximate surface area is 149 Å². The van der Waals surface area contributed by atoms with Crippen LogP contribution in [0.2, 0.25) is 10.2 Å². The van der Waals surface area contributed by atoms with Gasteiger partial charge in [-0.1, -0.05) is 37.0 Å². The Balaban J connectivity index is 2.11. The molecular formula is C17H19Cl2FN2O2. The van der Waals surface area contributed by atoms with E-state index in [1.807, 2.05) is 13.8 Å². The van der Waals surface area contributed by atoms with Crippen molar-refractivity contribution in [1.82, 2.24) is 9.36 Å². The van der Waals surface area contributed by atoms with Gasteiger partial charge in [0.05, 0.1) is 17.2 Å². The largest absolute Gasteiger partial charge is 0.492 e. The molecule has 0 saturated carbocycles. The lowest BCUT2D eigenvalue weighted by atomic mass is 10.1. The highest BCUT2D eigenvalue weighted by Crippen LogP contribution is 2.35. The molecular weight excluding hydrogens is 354 g/mol. The molecule has 0 N–H and O–H groups in total. The number of nitrogens with zero attached hydrogens (tertiary/aromatic N) is 2. The first-order valence-electron chi connectivity index (χ1n) is 8.01. The quantitative estimate of drug-likeness (QED) is 0.786. The van der Waals surface area contributed by atoms with Gasteiger partial charge in [0.2, 0.25) is 0 Å². The van der Waals surface area contributed by atoms with Crippen LogP contribution in [0.25, 0.3) is 11.1 Å². The lowest BCUT2D eigenvalue weighted by Gasteiger charge is -2.17. The normalized spacial score (nSPS) is 14.1. The van der Waals surface area contributed by atoms with E-state index in [4.69, 9.17) is 27.9 Å². The van der Waals surface area contributed by atoms with Crippen LogP contribution in [0.5, 0.6) is 5.75 Å². The van der Waals surface area contributed by atoms with E-state index in [1.54, 1.807) is 9.36 Å². The lowest BCUT2D eigenvalue weighted by Crippen LogP contribution is -2.27. The van der Waals surface area contributed by atoms with Gasteiger partial charge in [-0.25, -0.2) is 9.07 Å². The zero-order valence-corrected chi connectivity index (χ0v) is 15.1. The molecule has 0 bridgehead atoms. The van der Waals surface area contributed by atoms with E-state index in [1.165, 1.54) is 12.1 Å². The van der Waals surface area contributed by atoms with Crippen molar-refractivity contribution >= 4 is 23.2 Å². The van der Waals surface area contributed by atoms with Crippen molar-refractivity contribution in [3.8, 4) is 16.9 Å². The first kappa shape index (κ1) is 17.4. The standard InChI is InChI=1S/C17H19Cl2FN2O2/c1-10(2)9-24-14-7-11(13(20)8-12(14)18)15-16(19)21-5-3-4-6-22(21)17(15)23/h7-8,10H,3-6,9H2,1-2H3. The van der Waals surface area contributed by atoms with Gasteiger partial charge < -0.3 is 4.74 Å². The Morgan fingerprint density at radius 1 is 1.21 bits per heavy atom. The molecule has 0 unspecified atom stereocenters. The van der Waals surface area contributed by atoms with Gasteiger partial charge in [0.25, 0.3) is 5.56 Å². The fourth-order valence-electron chi connectivity index (χ4n) is 2.84. The van der Waals surface area contributed by atoms with E-state index in [0.29, 0.717) is 31.4 Å². The average molecular weight is 373 g/mol. The Morgan fingerprint density at radius 2 is 1.88 bits per heavy atom. The monoisotopic (exact) mass is 372 g/mol. The second kappa shape index (κ2) is 6.81. The van der Waals surface area contributed by atoms with Crippen molar-refractivity contribution in [2.45, 2.75) is 39.8 Å². The van der Waals surface area contributed by atoms with Crippen LogP contribution >= 0.6 is 23.2 Å². The molecule has 24 heavy (non-hydrogen) atoms. The van der Waals surface area contributed by atoms with Gasteiger partial charge in [-0.05, 0) is 30.9 Å². The molecule has 2 aromatic rings. The average Bonchev–Trinajstić information content (AvgIpc) is 2.79. The molecule has 0 spiro atoms. The fourth-order valence-corrected chi connectivity index (χ4v) is 3.40. The van der Waals surface area contributed by atoms with Gasteiger partial charge >= 0.3 is 0 Å². The number of aromatic nitrogens is 2. The molecule has 1 aromatic heterocycles. The Morgan fingerprint density at radius 3 is 2.50 bits per heavy atom. The molecule has 0 amide bonds. The van der Waals surface area contributed by atoms with Gasteiger partial charge in [-0.3, -0.25) is 9.48 Å². The third-order valence-electron chi connectivity index (χ3n) is 4.03. The summed E-state index contributed by atoms with van der Waals surface area (Å²) in [5.74, 6) is 0.0661. The van der Waals surface area contributed by atoms with Crippen molar-refractivity contribution in [3.05, 3.63) is 38.5 Å². The summed E-state index contributed by atoms with van der Waals surface area (Å²) in [4.78, 5) is 12.7. The smallest absolute Gasteiger partial charge is 0.276 e. The van der Waals surface area contributed by atoms with Crippen molar-refractivity contribution in [3.63, 3.8) is 0 Å². The van der Waals surface area contributed by atoms with Gasteiger partial charge in [-0.15, -0.1) is 0 Å². The van der Waals surface area contributed by atoms with E-state index in [9.17, 15) is 9.18 Å². The predicted octanol–water partition coefficient (Wildman–Crippen LogP) is 4.59. The number of rotatable bonds is 4.